The summed E-state index contributed by atoms with van der Waals surface area (Å²) in [5.74, 6) is -1.89. The van der Waals surface area contributed by atoms with Gasteiger partial charge in [-0.25, -0.2) is 13.4 Å². The van der Waals surface area contributed by atoms with E-state index in [1.54, 1.807) is 30.3 Å². The molecule has 8 nitrogen and oxygen atoms in total. The largest absolute Gasteiger partial charge is 0.748 e. The monoisotopic (exact) mass is 552 g/mol. The van der Waals surface area contributed by atoms with Gasteiger partial charge in [-0.05, 0) is 58.1 Å². The van der Waals surface area contributed by atoms with Gasteiger partial charge in [0, 0.05) is 12.1 Å². The first-order chi connectivity index (χ1) is 17.2. The molecule has 4 rings (SSSR count). The van der Waals surface area contributed by atoms with Crippen LogP contribution >= 0.6 is 11.6 Å². The number of alkyl halides is 3. The number of likely N-dealkylation sites (N-methyl/N-ethyl adjacent to an activating group) is 1. The molecule has 1 aliphatic heterocycles. The highest BCUT2D eigenvalue weighted by atomic mass is 35.5. The van der Waals surface area contributed by atoms with Gasteiger partial charge in [0.25, 0.3) is 5.91 Å². The maximum absolute atomic E-state index is 13.5. The summed E-state index contributed by atoms with van der Waals surface area (Å²) in [5, 5.41) is 0.190. The summed E-state index contributed by atoms with van der Waals surface area (Å²) >= 11 is 6.15. The maximum atomic E-state index is 13.5. The van der Waals surface area contributed by atoms with Gasteiger partial charge in [0.2, 0.25) is 0 Å². The van der Waals surface area contributed by atoms with E-state index >= 15 is 0 Å². The Morgan fingerprint density at radius 1 is 1.05 bits per heavy atom. The Hall–Kier alpha value is -3.61. The number of carbonyl (C=O) groups is 1. The van der Waals surface area contributed by atoms with Crippen molar-refractivity contribution in [1.29, 1.82) is 0 Å². The Balaban J connectivity index is 1.84. The third-order valence-corrected chi connectivity index (χ3v) is 6.57. The molecule has 37 heavy (non-hydrogen) atoms. The summed E-state index contributed by atoms with van der Waals surface area (Å²) in [6, 6.07) is 15.6. The third-order valence-electron chi connectivity index (χ3n) is 5.66. The number of guanidine groups is 1. The Labute approximate surface area is 214 Å². The molecule has 194 valence electrons. The number of hydrogen-bond donors (Lipinski definition) is 1. The summed E-state index contributed by atoms with van der Waals surface area (Å²) in [6.45, 7) is 0. The smallest absolute Gasteiger partial charge is 0.573 e. The highest BCUT2D eigenvalue weighted by Crippen LogP contribution is 2.41. The van der Waals surface area contributed by atoms with E-state index in [9.17, 15) is 30.9 Å². The molecule has 0 aliphatic carbocycles. The quantitative estimate of drug-likeness (QED) is 0.461. The van der Waals surface area contributed by atoms with Crippen molar-refractivity contribution in [1.82, 2.24) is 4.90 Å². The first-order valence-corrected chi connectivity index (χ1v) is 12.5. The molecule has 2 N–H and O–H groups in total. The van der Waals surface area contributed by atoms with Crippen LogP contribution < -0.4 is 10.5 Å². The topological polar surface area (TPSA) is 125 Å². The Morgan fingerprint density at radius 2 is 1.73 bits per heavy atom. The molecule has 1 atom stereocenters. The highest BCUT2D eigenvalue weighted by molar-refractivity contribution is 7.84. The Bertz CT molecular complexity index is 1510. The molecular formula is C24H18ClF3N3O5S-. The molecule has 0 spiro atoms. The van der Waals surface area contributed by atoms with Crippen molar-refractivity contribution >= 4 is 33.6 Å². The van der Waals surface area contributed by atoms with E-state index in [2.05, 4.69) is 9.73 Å². The van der Waals surface area contributed by atoms with Crippen molar-refractivity contribution in [2.75, 3.05) is 7.05 Å². The predicted octanol–water partition coefficient (Wildman–Crippen LogP) is 3.98. The highest BCUT2D eigenvalue weighted by Gasteiger charge is 2.49. The number of amides is 1. The maximum Gasteiger partial charge on any atom is 0.573 e. The van der Waals surface area contributed by atoms with Crippen LogP contribution in [0.15, 0.2) is 71.7 Å². The summed E-state index contributed by atoms with van der Waals surface area (Å²) in [7, 11) is -3.15. The first kappa shape index (κ1) is 26.5. The fraction of sp³-hybridized carbons (Fsp3) is 0.167. The second-order valence-corrected chi connectivity index (χ2v) is 10.1. The van der Waals surface area contributed by atoms with E-state index in [1.807, 2.05) is 0 Å². The van der Waals surface area contributed by atoms with Crippen molar-refractivity contribution in [3.63, 3.8) is 0 Å². The van der Waals surface area contributed by atoms with Crippen LogP contribution in [-0.4, -0.2) is 43.1 Å². The SMILES string of the molecule is CN1C(=O)C(c2ccc(OC(F)(F)F)cc2)(c2cccc(-c3cc(Cl)cc(CS(=O)(=O)[O-])c3)c2)N=C1N. The first-order valence-electron chi connectivity index (χ1n) is 10.5. The third kappa shape index (κ3) is 5.55. The normalized spacial score (nSPS) is 18.2. The van der Waals surface area contributed by atoms with Gasteiger partial charge >= 0.3 is 6.36 Å². The van der Waals surface area contributed by atoms with E-state index in [0.717, 1.165) is 17.0 Å². The molecule has 1 amide bonds. The van der Waals surface area contributed by atoms with Gasteiger partial charge in [0.1, 0.15) is 5.75 Å². The number of nitrogens with two attached hydrogens (primary N) is 1. The lowest BCUT2D eigenvalue weighted by atomic mass is 9.81. The average molecular weight is 553 g/mol. The van der Waals surface area contributed by atoms with Gasteiger partial charge in [0.05, 0.1) is 15.9 Å². The van der Waals surface area contributed by atoms with Gasteiger partial charge in [-0.1, -0.05) is 48.0 Å². The lowest BCUT2D eigenvalue weighted by Crippen LogP contribution is -2.41. The molecule has 3 aromatic carbocycles. The van der Waals surface area contributed by atoms with Crippen LogP contribution in [0.5, 0.6) is 5.75 Å². The zero-order valence-corrected chi connectivity index (χ0v) is 20.6. The molecule has 0 aromatic heterocycles. The van der Waals surface area contributed by atoms with Gasteiger partial charge < -0.3 is 15.0 Å². The van der Waals surface area contributed by atoms with Gasteiger partial charge in [-0.15, -0.1) is 13.2 Å². The molecular weight excluding hydrogens is 535 g/mol. The minimum absolute atomic E-state index is 0.100. The predicted molar refractivity (Wildman–Crippen MR) is 129 cm³/mol. The minimum atomic E-state index is -4.89. The minimum Gasteiger partial charge on any atom is -0.748 e. The second-order valence-electron chi connectivity index (χ2n) is 8.25. The van der Waals surface area contributed by atoms with Crippen molar-refractivity contribution in [3.05, 3.63) is 88.4 Å². The number of ether oxygens (including phenoxy) is 1. The van der Waals surface area contributed by atoms with Crippen LogP contribution in [0.4, 0.5) is 13.2 Å². The fourth-order valence-electron chi connectivity index (χ4n) is 4.11. The van der Waals surface area contributed by atoms with E-state index in [1.165, 1.54) is 31.3 Å². The van der Waals surface area contributed by atoms with Gasteiger partial charge in [0.15, 0.2) is 11.5 Å². The summed E-state index contributed by atoms with van der Waals surface area (Å²) in [5.41, 5.74) is 5.97. The van der Waals surface area contributed by atoms with E-state index in [4.69, 9.17) is 17.3 Å². The van der Waals surface area contributed by atoms with Crippen molar-refractivity contribution < 1.29 is 35.7 Å². The standard InChI is InChI=1S/C24H19ClF3N3O5S/c1-31-21(32)23(30-22(31)29,17-5-7-20(8-6-17)36-24(26,27)28)18-4-2-3-15(11-18)16-9-14(10-19(25)12-16)13-37(33,34)35/h2-12H,13H2,1H3,(H2,29,30)(H,33,34,35)/p-1. The molecule has 0 fully saturated rings. The van der Waals surface area contributed by atoms with Crippen LogP contribution in [0.2, 0.25) is 5.02 Å². The molecule has 0 radical (unpaired) electrons. The lowest BCUT2D eigenvalue weighted by Gasteiger charge is -2.27. The zero-order valence-electron chi connectivity index (χ0n) is 19.0. The molecule has 13 heteroatoms. The molecule has 1 aliphatic rings. The van der Waals surface area contributed by atoms with Gasteiger partial charge in [-0.2, -0.15) is 0 Å². The van der Waals surface area contributed by atoms with E-state index < -0.39 is 39.4 Å². The Kier molecular flexibility index (Phi) is 6.69. The molecule has 0 saturated heterocycles. The summed E-state index contributed by atoms with van der Waals surface area (Å²) < 4.78 is 75.5. The van der Waals surface area contributed by atoms with Crippen molar-refractivity contribution in [2.45, 2.75) is 17.7 Å². The van der Waals surface area contributed by atoms with Crippen LogP contribution in [-0.2, 0) is 26.2 Å². The van der Waals surface area contributed by atoms with Gasteiger partial charge in [-0.3, -0.25) is 9.69 Å². The number of carbonyl (C=O) groups excluding carboxylic acids is 1. The summed E-state index contributed by atoms with van der Waals surface area (Å²) in [4.78, 5) is 19.0. The van der Waals surface area contributed by atoms with E-state index in [0.29, 0.717) is 16.7 Å². The number of nitrogens with zero attached hydrogens (tertiary/aromatic N) is 2. The molecule has 3 aromatic rings. The lowest BCUT2D eigenvalue weighted by molar-refractivity contribution is -0.274. The van der Waals surface area contributed by atoms with Crippen molar-refractivity contribution in [2.24, 2.45) is 10.7 Å². The summed E-state index contributed by atoms with van der Waals surface area (Å²) in [6.07, 6.45) is -4.89. The average Bonchev–Trinajstić information content (AvgIpc) is 3.02. The number of hydrogen-bond acceptors (Lipinski definition) is 7. The van der Waals surface area contributed by atoms with E-state index in [-0.39, 0.29) is 22.1 Å². The second kappa shape index (κ2) is 9.36. The van der Waals surface area contributed by atoms with Crippen LogP contribution in [0, 0.1) is 0 Å². The Morgan fingerprint density at radius 3 is 2.30 bits per heavy atom. The molecule has 1 heterocycles. The number of rotatable bonds is 6. The van der Waals surface area contributed by atoms with Crippen LogP contribution in [0.1, 0.15) is 16.7 Å². The fourth-order valence-corrected chi connectivity index (χ4v) is 4.94. The number of aliphatic imine (C=N–C) groups is 1. The van der Waals surface area contributed by atoms with Crippen LogP contribution in [0.25, 0.3) is 11.1 Å². The zero-order chi connectivity index (χ0) is 27.2. The molecule has 1 unspecified atom stereocenters. The molecule has 0 saturated carbocycles. The molecule has 0 bridgehead atoms. The number of halogens is 4. The van der Waals surface area contributed by atoms with Crippen molar-refractivity contribution in [3.8, 4) is 16.9 Å². The van der Waals surface area contributed by atoms with Crippen LogP contribution in [0.3, 0.4) is 0 Å². The number of benzene rings is 3.